The van der Waals surface area contributed by atoms with Crippen molar-refractivity contribution in [1.29, 1.82) is 0 Å². The van der Waals surface area contributed by atoms with Gasteiger partial charge in [-0.05, 0) is 35.0 Å². The number of nitrogens with zero attached hydrogens (tertiary/aromatic N) is 2. The van der Waals surface area contributed by atoms with E-state index in [1.807, 2.05) is 41.9 Å². The van der Waals surface area contributed by atoms with E-state index in [4.69, 9.17) is 10.5 Å². The molecule has 0 spiro atoms. The summed E-state index contributed by atoms with van der Waals surface area (Å²) in [5, 5.41) is 2.41. The Balaban J connectivity index is 1.54. The number of imidazole rings is 1. The van der Waals surface area contributed by atoms with E-state index >= 15 is 0 Å². The molecule has 2 N–H and O–H groups in total. The summed E-state index contributed by atoms with van der Waals surface area (Å²) in [6.45, 7) is 1.28. The molecular weight excluding hydrogens is 298 g/mol. The van der Waals surface area contributed by atoms with Crippen LogP contribution in [0.25, 0.3) is 21.8 Å². The van der Waals surface area contributed by atoms with Crippen LogP contribution >= 0.6 is 0 Å². The number of nitrogen functional groups attached to an aromatic ring is 1. The van der Waals surface area contributed by atoms with E-state index < -0.39 is 0 Å². The van der Waals surface area contributed by atoms with Crippen LogP contribution in [0.4, 0.5) is 5.95 Å². The molecule has 3 aromatic carbocycles. The molecule has 120 valence electrons. The van der Waals surface area contributed by atoms with Crippen molar-refractivity contribution in [1.82, 2.24) is 4.57 Å². The molecule has 0 saturated heterocycles. The van der Waals surface area contributed by atoms with E-state index in [-0.39, 0.29) is 0 Å². The number of anilines is 1. The molecule has 0 aliphatic rings. The lowest BCUT2D eigenvalue weighted by Gasteiger charge is -2.07. The van der Waals surface area contributed by atoms with Gasteiger partial charge in [0.2, 0.25) is 0 Å². The monoisotopic (exact) mass is 318 g/mol. The maximum atomic E-state index is 6.24. The van der Waals surface area contributed by atoms with Crippen molar-refractivity contribution in [2.75, 3.05) is 12.3 Å². The number of benzene rings is 3. The summed E-state index contributed by atoms with van der Waals surface area (Å²) in [4.78, 5) is 0. The van der Waals surface area contributed by atoms with Gasteiger partial charge >= 0.3 is 5.95 Å². The maximum absolute atomic E-state index is 6.24. The fraction of sp³-hybridized carbons (Fsp3) is 0.150. The van der Waals surface area contributed by atoms with Crippen LogP contribution in [0.1, 0.15) is 0 Å². The first-order valence-corrected chi connectivity index (χ1v) is 8.08. The molecule has 4 rings (SSSR count). The minimum absolute atomic E-state index is 0.571. The van der Waals surface area contributed by atoms with Crippen LogP contribution in [-0.4, -0.2) is 11.2 Å². The van der Waals surface area contributed by atoms with Gasteiger partial charge in [0.1, 0.15) is 29.9 Å². The topological polar surface area (TPSA) is 44.1 Å². The number of aryl methyl sites for hydroxylation is 1. The molecule has 0 aliphatic heterocycles. The van der Waals surface area contributed by atoms with Gasteiger partial charge in [0, 0.05) is 0 Å². The molecule has 0 saturated carbocycles. The van der Waals surface area contributed by atoms with Crippen LogP contribution in [0.2, 0.25) is 0 Å². The van der Waals surface area contributed by atoms with Crippen LogP contribution < -0.4 is 15.0 Å². The van der Waals surface area contributed by atoms with Gasteiger partial charge in [-0.15, -0.1) is 0 Å². The normalized spacial score (nSPS) is 11.2. The predicted octanol–water partition coefficient (Wildman–Crippen LogP) is 3.28. The first kappa shape index (κ1) is 14.6. The zero-order valence-electron chi connectivity index (χ0n) is 13.6. The minimum Gasteiger partial charge on any atom is -0.490 e. The molecule has 24 heavy (non-hydrogen) atoms. The van der Waals surface area contributed by atoms with Crippen molar-refractivity contribution >= 4 is 27.8 Å². The fourth-order valence-corrected chi connectivity index (χ4v) is 3.15. The second-order valence-electron chi connectivity index (χ2n) is 5.91. The summed E-state index contributed by atoms with van der Waals surface area (Å²) >= 11 is 0. The lowest BCUT2D eigenvalue weighted by molar-refractivity contribution is -0.630. The van der Waals surface area contributed by atoms with Gasteiger partial charge in [-0.1, -0.05) is 42.5 Å². The number of para-hydroxylation sites is 2. The number of nitrogens with two attached hydrogens (primary N) is 1. The highest BCUT2D eigenvalue weighted by atomic mass is 16.5. The lowest BCUT2D eigenvalue weighted by atomic mass is 10.1. The third kappa shape index (κ3) is 2.46. The predicted molar refractivity (Wildman–Crippen MR) is 97.0 cm³/mol. The number of fused-ring (bicyclic) bond motifs is 2. The molecule has 0 fully saturated rings. The van der Waals surface area contributed by atoms with Crippen molar-refractivity contribution < 1.29 is 9.30 Å². The van der Waals surface area contributed by atoms with Crippen LogP contribution in [-0.2, 0) is 13.6 Å². The molecule has 0 amide bonds. The molecule has 1 aromatic heterocycles. The van der Waals surface area contributed by atoms with Crippen molar-refractivity contribution in [3.8, 4) is 5.75 Å². The third-order valence-electron chi connectivity index (χ3n) is 4.46. The SMILES string of the molecule is C[n+]1c(N)n(CCOc2ccc3ccccc3c2)c2ccccc21. The summed E-state index contributed by atoms with van der Waals surface area (Å²) in [5.41, 5.74) is 8.49. The van der Waals surface area contributed by atoms with Gasteiger partial charge in [0.25, 0.3) is 0 Å². The van der Waals surface area contributed by atoms with Crippen molar-refractivity contribution in [3.05, 3.63) is 66.7 Å². The fourth-order valence-electron chi connectivity index (χ4n) is 3.15. The standard InChI is InChI=1S/C20H19N3O/c1-22-18-8-4-5-9-19(18)23(20(22)21)12-13-24-17-11-10-15-6-2-3-7-16(15)14-17/h2-11,14,21H,12-13H2,1H3/p+1. The number of ether oxygens (including phenoxy) is 1. The van der Waals surface area contributed by atoms with Crippen LogP contribution in [0.15, 0.2) is 66.7 Å². The Bertz CT molecular complexity index is 1020. The summed E-state index contributed by atoms with van der Waals surface area (Å²) in [6.07, 6.45) is 0. The molecule has 0 atom stereocenters. The number of aromatic nitrogens is 2. The van der Waals surface area contributed by atoms with E-state index in [0.29, 0.717) is 13.2 Å². The molecule has 4 aromatic rings. The van der Waals surface area contributed by atoms with E-state index in [1.54, 1.807) is 0 Å². The Hall–Kier alpha value is -3.01. The first-order valence-electron chi connectivity index (χ1n) is 8.08. The van der Waals surface area contributed by atoms with Gasteiger partial charge in [-0.2, -0.15) is 0 Å². The second kappa shape index (κ2) is 5.89. The van der Waals surface area contributed by atoms with Crippen molar-refractivity contribution in [2.45, 2.75) is 6.54 Å². The molecule has 4 nitrogen and oxygen atoms in total. The zero-order valence-corrected chi connectivity index (χ0v) is 13.6. The van der Waals surface area contributed by atoms with Gasteiger partial charge in [0.05, 0.1) is 7.05 Å². The van der Waals surface area contributed by atoms with Gasteiger partial charge < -0.3 is 4.74 Å². The van der Waals surface area contributed by atoms with E-state index in [0.717, 1.165) is 22.7 Å². The van der Waals surface area contributed by atoms with Crippen molar-refractivity contribution in [2.24, 2.45) is 7.05 Å². The molecule has 0 aliphatic carbocycles. The van der Waals surface area contributed by atoms with Crippen LogP contribution in [0.3, 0.4) is 0 Å². The highest BCUT2D eigenvalue weighted by Crippen LogP contribution is 2.21. The third-order valence-corrected chi connectivity index (χ3v) is 4.46. The quantitative estimate of drug-likeness (QED) is 0.587. The number of hydrogen-bond donors (Lipinski definition) is 1. The Morgan fingerprint density at radius 1 is 0.958 bits per heavy atom. The van der Waals surface area contributed by atoms with E-state index in [1.165, 1.54) is 10.8 Å². The average molecular weight is 318 g/mol. The van der Waals surface area contributed by atoms with Gasteiger partial charge in [-0.25, -0.2) is 9.13 Å². The Morgan fingerprint density at radius 3 is 2.58 bits per heavy atom. The summed E-state index contributed by atoms with van der Waals surface area (Å²) < 4.78 is 10.0. The Kier molecular flexibility index (Phi) is 3.58. The van der Waals surface area contributed by atoms with Crippen molar-refractivity contribution in [3.63, 3.8) is 0 Å². The summed E-state index contributed by atoms with van der Waals surface area (Å²) in [7, 11) is 1.98. The molecule has 1 heterocycles. The largest absolute Gasteiger partial charge is 0.490 e. The number of rotatable bonds is 4. The highest BCUT2D eigenvalue weighted by molar-refractivity contribution is 5.83. The molecule has 0 bridgehead atoms. The minimum atomic E-state index is 0.571. The molecule has 0 unspecified atom stereocenters. The molecule has 0 radical (unpaired) electrons. The van der Waals surface area contributed by atoms with Gasteiger partial charge in [-0.3, -0.25) is 5.73 Å². The number of hydrogen-bond acceptors (Lipinski definition) is 2. The summed E-state index contributed by atoms with van der Waals surface area (Å²) in [6, 6.07) is 22.7. The second-order valence-corrected chi connectivity index (χ2v) is 5.91. The smallest absolute Gasteiger partial charge is 0.355 e. The average Bonchev–Trinajstić information content (AvgIpc) is 2.87. The Morgan fingerprint density at radius 2 is 1.71 bits per heavy atom. The maximum Gasteiger partial charge on any atom is 0.355 e. The molecule has 4 heteroatoms. The van der Waals surface area contributed by atoms with Crippen LogP contribution in [0.5, 0.6) is 5.75 Å². The lowest BCUT2D eigenvalue weighted by Crippen LogP contribution is -2.31. The highest BCUT2D eigenvalue weighted by Gasteiger charge is 2.17. The summed E-state index contributed by atoms with van der Waals surface area (Å²) in [5.74, 6) is 1.62. The van der Waals surface area contributed by atoms with E-state index in [2.05, 4.69) is 41.0 Å². The molecular formula is C20H20N3O+. The Labute approximate surface area is 140 Å². The zero-order chi connectivity index (χ0) is 16.5. The first-order chi connectivity index (χ1) is 11.7. The van der Waals surface area contributed by atoms with Crippen LogP contribution in [0, 0.1) is 0 Å². The van der Waals surface area contributed by atoms with Gasteiger partial charge in [0.15, 0.2) is 0 Å². The van der Waals surface area contributed by atoms with E-state index in [9.17, 15) is 0 Å².